The number of nitrogens with one attached hydrogen (secondary N) is 1. The average Bonchev–Trinajstić information content (AvgIpc) is 3.11. The molecule has 0 aliphatic heterocycles. The molecule has 0 heterocycles. The second-order valence-corrected chi connectivity index (χ2v) is 6.99. The topological polar surface area (TPSA) is 72.2 Å². The second-order valence-electron chi connectivity index (χ2n) is 5.26. The van der Waals surface area contributed by atoms with Gasteiger partial charge in [0.25, 0.3) is 0 Å². The maximum Gasteiger partial charge on any atom is 0.242 e. The first-order valence-corrected chi connectivity index (χ1v) is 7.92. The predicted molar refractivity (Wildman–Crippen MR) is 72.6 cm³/mol. The summed E-state index contributed by atoms with van der Waals surface area (Å²) in [5, 5.41) is 0. The number of halogens is 1. The number of nitrogens with two attached hydrogens (primary N) is 1. The summed E-state index contributed by atoms with van der Waals surface area (Å²) in [5.74, 6) is -0.607. The van der Waals surface area contributed by atoms with E-state index in [0.717, 1.165) is 37.8 Å². The third-order valence-corrected chi connectivity index (χ3v) is 5.10. The standard InChI is InChI=1S/C13H19FN2O2S/c1-2-5-13(6-7-13)9-16-19(17,18)12-8-10(14)3-4-11(12)15/h3-4,8,16H,2,5-7,9,15H2,1H3. The molecular formula is C13H19FN2O2S. The molecule has 0 spiro atoms. The van der Waals surface area contributed by atoms with Gasteiger partial charge in [-0.1, -0.05) is 13.3 Å². The molecule has 1 aromatic rings. The lowest BCUT2D eigenvalue weighted by Crippen LogP contribution is -2.30. The van der Waals surface area contributed by atoms with E-state index >= 15 is 0 Å². The van der Waals surface area contributed by atoms with E-state index in [4.69, 9.17) is 5.73 Å². The third-order valence-electron chi connectivity index (χ3n) is 3.64. The van der Waals surface area contributed by atoms with Gasteiger partial charge in [0.1, 0.15) is 10.7 Å². The first kappa shape index (κ1) is 14.3. The summed E-state index contributed by atoms with van der Waals surface area (Å²) in [6, 6.07) is 3.37. The summed E-state index contributed by atoms with van der Waals surface area (Å²) < 4.78 is 39.9. The van der Waals surface area contributed by atoms with Crippen molar-refractivity contribution < 1.29 is 12.8 Å². The molecule has 1 aromatic carbocycles. The summed E-state index contributed by atoms with van der Waals surface area (Å²) in [4.78, 5) is -0.181. The van der Waals surface area contributed by atoms with Crippen molar-refractivity contribution in [1.82, 2.24) is 4.72 Å². The van der Waals surface area contributed by atoms with Crippen LogP contribution in [0.15, 0.2) is 23.1 Å². The minimum absolute atomic E-state index is 0.0641. The van der Waals surface area contributed by atoms with Gasteiger partial charge in [0, 0.05) is 6.54 Å². The highest BCUT2D eigenvalue weighted by Gasteiger charge is 2.42. The molecule has 1 fully saturated rings. The molecule has 0 saturated heterocycles. The fraction of sp³-hybridized carbons (Fsp3) is 0.538. The molecule has 0 unspecified atom stereocenters. The van der Waals surface area contributed by atoms with Crippen LogP contribution in [0.25, 0.3) is 0 Å². The average molecular weight is 286 g/mol. The fourth-order valence-corrected chi connectivity index (χ4v) is 3.59. The zero-order valence-electron chi connectivity index (χ0n) is 10.9. The van der Waals surface area contributed by atoms with Gasteiger partial charge in [0.2, 0.25) is 10.0 Å². The Hall–Kier alpha value is -1.14. The molecule has 19 heavy (non-hydrogen) atoms. The van der Waals surface area contributed by atoms with Gasteiger partial charge in [-0.15, -0.1) is 0 Å². The van der Waals surface area contributed by atoms with Gasteiger partial charge >= 0.3 is 0 Å². The first-order valence-electron chi connectivity index (χ1n) is 6.43. The van der Waals surface area contributed by atoms with E-state index in [0.29, 0.717) is 6.54 Å². The molecule has 0 atom stereocenters. The SMILES string of the molecule is CCCC1(CNS(=O)(=O)c2cc(F)ccc2N)CC1. The van der Waals surface area contributed by atoms with Crippen LogP contribution in [0.1, 0.15) is 32.6 Å². The quantitative estimate of drug-likeness (QED) is 0.788. The van der Waals surface area contributed by atoms with E-state index in [1.54, 1.807) is 0 Å². The van der Waals surface area contributed by atoms with Crippen molar-refractivity contribution in [1.29, 1.82) is 0 Å². The largest absolute Gasteiger partial charge is 0.398 e. The van der Waals surface area contributed by atoms with Crippen molar-refractivity contribution in [3.05, 3.63) is 24.0 Å². The van der Waals surface area contributed by atoms with Gasteiger partial charge in [-0.05, 0) is 42.9 Å². The van der Waals surface area contributed by atoms with Crippen LogP contribution in [0.4, 0.5) is 10.1 Å². The van der Waals surface area contributed by atoms with Crippen LogP contribution < -0.4 is 10.5 Å². The van der Waals surface area contributed by atoms with Gasteiger partial charge in [0.15, 0.2) is 0 Å². The zero-order valence-corrected chi connectivity index (χ0v) is 11.8. The molecule has 6 heteroatoms. The van der Waals surface area contributed by atoms with Crippen molar-refractivity contribution in [2.45, 2.75) is 37.5 Å². The highest BCUT2D eigenvalue weighted by atomic mass is 32.2. The van der Waals surface area contributed by atoms with Gasteiger partial charge < -0.3 is 5.73 Å². The summed E-state index contributed by atoms with van der Waals surface area (Å²) in [6.45, 7) is 2.48. The monoisotopic (exact) mass is 286 g/mol. The number of rotatable bonds is 6. The molecule has 0 aromatic heterocycles. The molecule has 1 aliphatic rings. The van der Waals surface area contributed by atoms with Crippen LogP contribution in [0.5, 0.6) is 0 Å². The number of benzene rings is 1. The van der Waals surface area contributed by atoms with Crippen LogP contribution in [-0.4, -0.2) is 15.0 Å². The van der Waals surface area contributed by atoms with Crippen LogP contribution >= 0.6 is 0 Å². The van der Waals surface area contributed by atoms with E-state index in [1.807, 2.05) is 0 Å². The third kappa shape index (κ3) is 3.25. The highest BCUT2D eigenvalue weighted by Crippen LogP contribution is 2.49. The Kier molecular flexibility index (Phi) is 3.82. The Morgan fingerprint density at radius 2 is 2.11 bits per heavy atom. The Morgan fingerprint density at radius 1 is 1.42 bits per heavy atom. The van der Waals surface area contributed by atoms with E-state index in [1.165, 1.54) is 6.07 Å². The molecule has 0 radical (unpaired) electrons. The van der Waals surface area contributed by atoms with Gasteiger partial charge in [-0.25, -0.2) is 17.5 Å². The number of hydrogen-bond donors (Lipinski definition) is 2. The lowest BCUT2D eigenvalue weighted by molar-refractivity contribution is 0.449. The minimum Gasteiger partial charge on any atom is -0.398 e. The summed E-state index contributed by atoms with van der Waals surface area (Å²) in [7, 11) is -3.74. The van der Waals surface area contributed by atoms with E-state index in [-0.39, 0.29) is 16.0 Å². The molecular weight excluding hydrogens is 267 g/mol. The number of sulfonamides is 1. The predicted octanol–water partition coefficient (Wildman–Crippen LogP) is 2.27. The first-order chi connectivity index (χ1) is 8.88. The van der Waals surface area contributed by atoms with Crippen molar-refractivity contribution >= 4 is 15.7 Å². The number of hydrogen-bond acceptors (Lipinski definition) is 3. The Balaban J connectivity index is 2.12. The van der Waals surface area contributed by atoms with Crippen molar-refractivity contribution in [2.75, 3.05) is 12.3 Å². The lowest BCUT2D eigenvalue weighted by Gasteiger charge is -2.15. The van der Waals surface area contributed by atoms with Crippen LogP contribution in [0, 0.1) is 11.2 Å². The molecule has 2 rings (SSSR count). The molecule has 106 valence electrons. The van der Waals surface area contributed by atoms with Crippen LogP contribution in [0.3, 0.4) is 0 Å². The van der Waals surface area contributed by atoms with Crippen molar-refractivity contribution in [3.8, 4) is 0 Å². The lowest BCUT2D eigenvalue weighted by atomic mass is 10.0. The van der Waals surface area contributed by atoms with Gasteiger partial charge in [-0.2, -0.15) is 0 Å². The molecule has 4 nitrogen and oxygen atoms in total. The maximum absolute atomic E-state index is 13.1. The minimum atomic E-state index is -3.74. The molecule has 0 bridgehead atoms. The van der Waals surface area contributed by atoms with Crippen molar-refractivity contribution in [3.63, 3.8) is 0 Å². The van der Waals surface area contributed by atoms with Gasteiger partial charge in [0.05, 0.1) is 5.69 Å². The zero-order chi connectivity index (χ0) is 14.1. The maximum atomic E-state index is 13.1. The number of nitrogen functional groups attached to an aromatic ring is 1. The molecule has 1 aliphatic carbocycles. The molecule has 0 amide bonds. The Morgan fingerprint density at radius 3 is 2.68 bits per heavy atom. The van der Waals surface area contributed by atoms with Crippen molar-refractivity contribution in [2.24, 2.45) is 5.41 Å². The molecule has 1 saturated carbocycles. The smallest absolute Gasteiger partial charge is 0.242 e. The van der Waals surface area contributed by atoms with E-state index < -0.39 is 15.8 Å². The summed E-state index contributed by atoms with van der Waals surface area (Å²) >= 11 is 0. The van der Waals surface area contributed by atoms with E-state index in [9.17, 15) is 12.8 Å². The molecule has 3 N–H and O–H groups in total. The summed E-state index contributed by atoms with van der Waals surface area (Å²) in [5.41, 5.74) is 5.77. The summed E-state index contributed by atoms with van der Waals surface area (Å²) in [6.07, 6.45) is 4.13. The Labute approximate surface area is 113 Å². The Bertz CT molecular complexity index is 568. The normalized spacial score (nSPS) is 17.4. The second kappa shape index (κ2) is 5.09. The van der Waals surface area contributed by atoms with Crippen LogP contribution in [0.2, 0.25) is 0 Å². The van der Waals surface area contributed by atoms with E-state index in [2.05, 4.69) is 11.6 Å². The fourth-order valence-electron chi connectivity index (χ4n) is 2.29. The van der Waals surface area contributed by atoms with Gasteiger partial charge in [-0.3, -0.25) is 0 Å². The number of anilines is 1. The van der Waals surface area contributed by atoms with Crippen LogP contribution in [-0.2, 0) is 10.0 Å². The highest BCUT2D eigenvalue weighted by molar-refractivity contribution is 7.89.